The summed E-state index contributed by atoms with van der Waals surface area (Å²) in [5.74, 6) is -0.429. The lowest BCUT2D eigenvalue weighted by molar-refractivity contribution is 0.0824. The largest absolute Gasteiger partial charge is 0.494 e. The predicted molar refractivity (Wildman–Crippen MR) is 97.0 cm³/mol. The van der Waals surface area contributed by atoms with Crippen molar-refractivity contribution >= 4 is 39.9 Å². The number of benzene rings is 1. The zero-order valence-electron chi connectivity index (χ0n) is 14.2. The molecule has 0 heterocycles. The number of hydrogen-bond acceptors (Lipinski definition) is 5. The van der Waals surface area contributed by atoms with Gasteiger partial charge in [-0.15, -0.1) is 12.4 Å². The lowest BCUT2D eigenvalue weighted by Crippen LogP contribution is -2.37. The molecular formula is C14H23Cl2N3O4S. The summed E-state index contributed by atoms with van der Waals surface area (Å²) in [4.78, 5) is 13.4. The maximum Gasteiger partial charge on any atom is 0.257 e. The van der Waals surface area contributed by atoms with Crippen molar-refractivity contribution < 1.29 is 17.9 Å². The number of methoxy groups -OCH3 is 1. The minimum atomic E-state index is -3.88. The third-order valence-corrected chi connectivity index (χ3v) is 4.87. The van der Waals surface area contributed by atoms with Gasteiger partial charge in [-0.25, -0.2) is 13.1 Å². The van der Waals surface area contributed by atoms with E-state index in [1.165, 1.54) is 24.1 Å². The van der Waals surface area contributed by atoms with Crippen molar-refractivity contribution in [3.05, 3.63) is 22.7 Å². The summed E-state index contributed by atoms with van der Waals surface area (Å²) in [6, 6.07) is 2.59. The summed E-state index contributed by atoms with van der Waals surface area (Å²) >= 11 is 5.99. The van der Waals surface area contributed by atoms with E-state index in [1.54, 1.807) is 21.1 Å². The Morgan fingerprint density at radius 1 is 1.38 bits per heavy atom. The Labute approximate surface area is 154 Å². The van der Waals surface area contributed by atoms with Crippen molar-refractivity contribution in [1.29, 1.82) is 0 Å². The Hall–Kier alpha value is -1.06. The molecule has 0 saturated heterocycles. The third-order valence-electron chi connectivity index (χ3n) is 3.22. The molecule has 1 aromatic rings. The molecule has 0 radical (unpaired) electrons. The molecule has 1 rings (SSSR count). The highest BCUT2D eigenvalue weighted by atomic mass is 35.5. The number of rotatable bonds is 7. The van der Waals surface area contributed by atoms with Crippen molar-refractivity contribution in [3.63, 3.8) is 0 Å². The van der Waals surface area contributed by atoms with Gasteiger partial charge in [-0.1, -0.05) is 11.6 Å². The van der Waals surface area contributed by atoms with Crippen molar-refractivity contribution in [3.8, 4) is 5.75 Å². The quantitative estimate of drug-likeness (QED) is 0.722. The molecule has 0 aromatic heterocycles. The van der Waals surface area contributed by atoms with Crippen LogP contribution in [0.1, 0.15) is 17.3 Å². The van der Waals surface area contributed by atoms with Gasteiger partial charge >= 0.3 is 0 Å². The number of halogens is 2. The van der Waals surface area contributed by atoms with E-state index in [0.29, 0.717) is 0 Å². The number of hydrogen-bond donors (Lipinski definition) is 2. The number of nitrogens with one attached hydrogen (secondary N) is 2. The van der Waals surface area contributed by atoms with Crippen LogP contribution >= 0.6 is 24.0 Å². The van der Waals surface area contributed by atoms with Gasteiger partial charge in [0.25, 0.3) is 5.91 Å². The third kappa shape index (κ3) is 5.49. The van der Waals surface area contributed by atoms with E-state index in [4.69, 9.17) is 16.3 Å². The molecule has 0 saturated carbocycles. The van der Waals surface area contributed by atoms with Gasteiger partial charge < -0.3 is 15.0 Å². The molecule has 138 valence electrons. The maximum absolute atomic E-state index is 12.5. The number of likely N-dealkylation sites (N-methyl/N-ethyl adjacent to an activating group) is 1. The molecule has 0 aliphatic carbocycles. The van der Waals surface area contributed by atoms with Crippen LogP contribution in [0.3, 0.4) is 0 Å². The van der Waals surface area contributed by atoms with Gasteiger partial charge in [0.1, 0.15) is 4.90 Å². The summed E-state index contributed by atoms with van der Waals surface area (Å²) in [5.41, 5.74) is 0.0899. The zero-order valence-corrected chi connectivity index (χ0v) is 16.6. The maximum atomic E-state index is 12.5. The predicted octanol–water partition coefficient (Wildman–Crippen LogP) is 1.36. The van der Waals surface area contributed by atoms with Crippen molar-refractivity contribution in [2.24, 2.45) is 0 Å². The van der Waals surface area contributed by atoms with E-state index in [2.05, 4.69) is 10.0 Å². The van der Waals surface area contributed by atoms with Crippen LogP contribution in [0.2, 0.25) is 5.02 Å². The van der Waals surface area contributed by atoms with Crippen molar-refractivity contribution in [1.82, 2.24) is 14.9 Å². The molecule has 7 nitrogen and oxygen atoms in total. The molecule has 10 heteroatoms. The van der Waals surface area contributed by atoms with Crippen LogP contribution in [0.4, 0.5) is 0 Å². The number of amides is 1. The molecule has 0 fully saturated rings. The van der Waals surface area contributed by atoms with Gasteiger partial charge in [0.05, 0.1) is 12.7 Å². The number of ether oxygens (including phenoxy) is 1. The molecule has 1 atom stereocenters. The molecule has 1 unspecified atom stereocenters. The minimum absolute atomic E-state index is 0. The molecule has 2 N–H and O–H groups in total. The first-order valence-corrected chi connectivity index (χ1v) is 8.76. The smallest absolute Gasteiger partial charge is 0.257 e. The fraction of sp³-hybridized carbons (Fsp3) is 0.500. The second-order valence-corrected chi connectivity index (χ2v) is 7.40. The lowest BCUT2D eigenvalue weighted by Gasteiger charge is -2.18. The first kappa shape index (κ1) is 22.9. The molecule has 0 bridgehead atoms. The molecule has 0 aliphatic rings. The highest BCUT2D eigenvalue weighted by Gasteiger charge is 2.26. The number of carbonyl (C=O) groups excluding carboxylic acids is 1. The summed E-state index contributed by atoms with van der Waals surface area (Å²) in [5, 5.41) is 3.07. The van der Waals surface area contributed by atoms with Crippen molar-refractivity contribution in [2.45, 2.75) is 17.9 Å². The fourth-order valence-corrected chi connectivity index (χ4v) is 3.42. The van der Waals surface area contributed by atoms with E-state index in [0.717, 1.165) is 0 Å². The number of sulfonamides is 1. The van der Waals surface area contributed by atoms with Crippen LogP contribution in [0.5, 0.6) is 5.75 Å². The highest BCUT2D eigenvalue weighted by Crippen LogP contribution is 2.32. The first-order chi connectivity index (χ1) is 10.6. The average Bonchev–Trinajstić information content (AvgIpc) is 2.50. The molecular weight excluding hydrogens is 377 g/mol. The zero-order chi connectivity index (χ0) is 17.8. The Kier molecular flexibility index (Phi) is 9.01. The molecule has 0 aliphatic heterocycles. The van der Waals surface area contributed by atoms with Gasteiger partial charge in [-0.05, 0) is 26.1 Å². The summed E-state index contributed by atoms with van der Waals surface area (Å²) in [6.45, 7) is 2.02. The highest BCUT2D eigenvalue weighted by molar-refractivity contribution is 7.89. The van der Waals surface area contributed by atoms with Crippen LogP contribution < -0.4 is 14.8 Å². The minimum Gasteiger partial charge on any atom is -0.494 e. The van der Waals surface area contributed by atoms with Crippen LogP contribution in [-0.2, 0) is 10.0 Å². The normalized spacial score (nSPS) is 12.2. The first-order valence-electron chi connectivity index (χ1n) is 6.90. The average molecular weight is 400 g/mol. The number of nitrogens with zero attached hydrogens (tertiary/aromatic N) is 1. The van der Waals surface area contributed by atoms with Gasteiger partial charge in [-0.3, -0.25) is 4.79 Å². The summed E-state index contributed by atoms with van der Waals surface area (Å²) < 4.78 is 32.7. The topological polar surface area (TPSA) is 87.7 Å². The molecule has 1 aromatic carbocycles. The Morgan fingerprint density at radius 3 is 2.42 bits per heavy atom. The second-order valence-electron chi connectivity index (χ2n) is 5.23. The van der Waals surface area contributed by atoms with Crippen LogP contribution in [0.25, 0.3) is 0 Å². The van der Waals surface area contributed by atoms with E-state index >= 15 is 0 Å². The molecule has 24 heavy (non-hydrogen) atoms. The number of carbonyl (C=O) groups is 1. The Balaban J connectivity index is 0.00000529. The summed E-state index contributed by atoms with van der Waals surface area (Å²) in [7, 11) is 2.28. The SMILES string of the molecule is CNC(C)CNS(=O)(=O)c1cc(Cl)cc(C(=O)N(C)C)c1OC.Cl. The Morgan fingerprint density at radius 2 is 1.96 bits per heavy atom. The van der Waals surface area contributed by atoms with E-state index < -0.39 is 15.9 Å². The second kappa shape index (κ2) is 9.43. The molecule has 0 spiro atoms. The van der Waals surface area contributed by atoms with E-state index in [9.17, 15) is 13.2 Å². The van der Waals surface area contributed by atoms with Crippen LogP contribution in [-0.4, -0.2) is 60.1 Å². The standard InChI is InChI=1S/C14H22ClN3O4S.ClH/c1-9(16-2)8-17-23(20,21)12-7-10(15)6-11(13(12)22-5)14(19)18(3)4;/h6-7,9,16-17H,8H2,1-5H3;1H. The van der Waals surface area contributed by atoms with Crippen molar-refractivity contribution in [2.75, 3.05) is 34.8 Å². The van der Waals surface area contributed by atoms with E-state index in [1.807, 2.05) is 6.92 Å². The van der Waals surface area contributed by atoms with E-state index in [-0.39, 0.29) is 46.2 Å². The van der Waals surface area contributed by atoms with Crippen LogP contribution in [0, 0.1) is 0 Å². The van der Waals surface area contributed by atoms with Crippen LogP contribution in [0.15, 0.2) is 17.0 Å². The molecule has 1 amide bonds. The monoisotopic (exact) mass is 399 g/mol. The van der Waals surface area contributed by atoms with Gasteiger partial charge in [0, 0.05) is 31.7 Å². The summed E-state index contributed by atoms with van der Waals surface area (Å²) in [6.07, 6.45) is 0. The van der Waals surface area contributed by atoms with Gasteiger partial charge in [-0.2, -0.15) is 0 Å². The van der Waals surface area contributed by atoms with Gasteiger partial charge in [0.2, 0.25) is 10.0 Å². The fourth-order valence-electron chi connectivity index (χ4n) is 1.79. The lowest BCUT2D eigenvalue weighted by atomic mass is 10.2. The Bertz CT molecular complexity index is 681. The van der Waals surface area contributed by atoms with Gasteiger partial charge in [0.15, 0.2) is 5.75 Å².